The molecule has 0 atom stereocenters. The molecule has 1 aromatic carbocycles. The summed E-state index contributed by atoms with van der Waals surface area (Å²) in [6, 6.07) is 9.40. The molecule has 1 heterocycles. The summed E-state index contributed by atoms with van der Waals surface area (Å²) in [6.07, 6.45) is 0. The predicted octanol–water partition coefficient (Wildman–Crippen LogP) is 2.18. The first-order valence-electron chi connectivity index (χ1n) is 5.03. The van der Waals surface area contributed by atoms with E-state index in [9.17, 15) is 9.59 Å². The van der Waals surface area contributed by atoms with Gasteiger partial charge in [-0.3, -0.25) is 10.1 Å². The van der Waals surface area contributed by atoms with Crippen LogP contribution in [0.4, 0.5) is 16.3 Å². The number of H-pyrrole nitrogens is 1. The van der Waals surface area contributed by atoms with Gasteiger partial charge in [-0.2, -0.15) is 5.10 Å². The molecule has 92 valence electrons. The average molecular weight is 309 g/mol. The summed E-state index contributed by atoms with van der Waals surface area (Å²) in [7, 11) is 0. The number of halogens is 1. The van der Waals surface area contributed by atoms with E-state index in [1.807, 2.05) is 12.1 Å². The maximum absolute atomic E-state index is 11.6. The highest BCUT2D eigenvalue weighted by Crippen LogP contribution is 2.14. The zero-order valence-electron chi connectivity index (χ0n) is 9.11. The molecule has 18 heavy (non-hydrogen) atoms. The zero-order valence-corrected chi connectivity index (χ0v) is 10.7. The van der Waals surface area contributed by atoms with Crippen molar-refractivity contribution in [3.05, 3.63) is 51.2 Å². The number of carbonyl (C=O) groups excluding carboxylic acids is 1. The van der Waals surface area contributed by atoms with Gasteiger partial charge in [0.2, 0.25) is 0 Å². The van der Waals surface area contributed by atoms with Crippen LogP contribution in [0.3, 0.4) is 0 Å². The van der Waals surface area contributed by atoms with Crippen molar-refractivity contribution < 1.29 is 4.79 Å². The number of nitrogens with zero attached hydrogens (tertiary/aromatic N) is 1. The van der Waals surface area contributed by atoms with E-state index in [-0.39, 0.29) is 11.4 Å². The Kier molecular flexibility index (Phi) is 3.73. The number of benzene rings is 1. The minimum absolute atomic E-state index is 0.268. The lowest BCUT2D eigenvalue weighted by molar-refractivity contribution is 0.262. The van der Waals surface area contributed by atoms with Gasteiger partial charge in [0.1, 0.15) is 0 Å². The molecule has 0 spiro atoms. The number of nitrogens with one attached hydrogen (secondary N) is 3. The summed E-state index contributed by atoms with van der Waals surface area (Å²) in [5, 5.41) is 11.0. The molecule has 0 saturated heterocycles. The maximum atomic E-state index is 11.6. The molecule has 0 bridgehead atoms. The summed E-state index contributed by atoms with van der Waals surface area (Å²) in [5.74, 6) is 0.268. The quantitative estimate of drug-likeness (QED) is 0.794. The van der Waals surface area contributed by atoms with E-state index in [1.54, 1.807) is 12.1 Å². The van der Waals surface area contributed by atoms with Crippen LogP contribution >= 0.6 is 15.9 Å². The molecule has 0 aliphatic heterocycles. The van der Waals surface area contributed by atoms with Gasteiger partial charge in [0.25, 0.3) is 5.56 Å². The molecule has 2 aromatic rings. The molecular weight excluding hydrogens is 300 g/mol. The molecule has 0 radical (unpaired) electrons. The molecule has 0 saturated carbocycles. The minimum atomic E-state index is -0.433. The van der Waals surface area contributed by atoms with Gasteiger partial charge < -0.3 is 5.32 Å². The van der Waals surface area contributed by atoms with E-state index < -0.39 is 6.03 Å². The zero-order chi connectivity index (χ0) is 13.0. The predicted molar refractivity (Wildman–Crippen MR) is 71.6 cm³/mol. The lowest BCUT2D eigenvalue weighted by Gasteiger charge is -2.06. The van der Waals surface area contributed by atoms with Gasteiger partial charge in [0.15, 0.2) is 5.82 Å². The molecular formula is C11H9BrN4O2. The van der Waals surface area contributed by atoms with Crippen molar-refractivity contribution in [2.75, 3.05) is 10.6 Å². The fraction of sp³-hybridized carbons (Fsp3) is 0. The van der Waals surface area contributed by atoms with Gasteiger partial charge in [0, 0.05) is 16.2 Å². The van der Waals surface area contributed by atoms with Gasteiger partial charge in [-0.1, -0.05) is 15.9 Å². The van der Waals surface area contributed by atoms with Gasteiger partial charge >= 0.3 is 6.03 Å². The maximum Gasteiger partial charge on any atom is 0.324 e. The second-order valence-electron chi connectivity index (χ2n) is 3.39. The fourth-order valence-electron chi connectivity index (χ4n) is 1.23. The molecule has 1 aromatic heterocycles. The third kappa shape index (κ3) is 3.42. The normalized spacial score (nSPS) is 9.83. The molecule has 2 rings (SSSR count). The molecule has 7 heteroatoms. The highest BCUT2D eigenvalue weighted by molar-refractivity contribution is 9.10. The van der Waals surface area contributed by atoms with Crippen LogP contribution in [0.5, 0.6) is 0 Å². The molecule has 6 nitrogen and oxygen atoms in total. The number of carbonyl (C=O) groups is 1. The van der Waals surface area contributed by atoms with E-state index in [1.165, 1.54) is 12.1 Å². The Labute approximate surface area is 111 Å². The lowest BCUT2D eigenvalue weighted by Crippen LogP contribution is -2.21. The Morgan fingerprint density at radius 2 is 1.83 bits per heavy atom. The van der Waals surface area contributed by atoms with Crippen molar-refractivity contribution in [2.24, 2.45) is 0 Å². The van der Waals surface area contributed by atoms with Crippen LogP contribution < -0.4 is 16.2 Å². The third-order valence-corrected chi connectivity index (χ3v) is 2.55. The monoisotopic (exact) mass is 308 g/mol. The Morgan fingerprint density at radius 3 is 2.44 bits per heavy atom. The molecule has 3 N–H and O–H groups in total. The highest BCUT2D eigenvalue weighted by Gasteiger charge is 2.03. The number of aromatic nitrogens is 2. The fourth-order valence-corrected chi connectivity index (χ4v) is 1.49. The van der Waals surface area contributed by atoms with Crippen LogP contribution in [0.15, 0.2) is 45.7 Å². The Balaban J connectivity index is 1.98. The number of amides is 2. The van der Waals surface area contributed by atoms with Gasteiger partial charge in [-0.15, -0.1) is 0 Å². The standard InChI is InChI=1S/C11H9BrN4O2/c12-7-1-3-8(4-2-7)13-11(18)14-9-5-6-10(17)16-15-9/h1-6H,(H,16,17)(H2,13,14,15,18). The SMILES string of the molecule is O=C(Nc1ccc(Br)cc1)Nc1ccc(=O)[nH]n1. The van der Waals surface area contributed by atoms with Crippen molar-refractivity contribution in [2.45, 2.75) is 0 Å². The highest BCUT2D eigenvalue weighted by atomic mass is 79.9. The van der Waals surface area contributed by atoms with E-state index in [0.29, 0.717) is 5.69 Å². The number of rotatable bonds is 2. The van der Waals surface area contributed by atoms with Gasteiger partial charge in [-0.05, 0) is 30.3 Å². The van der Waals surface area contributed by atoms with Crippen molar-refractivity contribution in [1.29, 1.82) is 0 Å². The Morgan fingerprint density at radius 1 is 1.11 bits per heavy atom. The smallest absolute Gasteiger partial charge is 0.308 e. The summed E-state index contributed by atoms with van der Waals surface area (Å²) >= 11 is 3.30. The second kappa shape index (κ2) is 5.46. The number of hydrogen-bond acceptors (Lipinski definition) is 3. The van der Waals surface area contributed by atoms with Crippen LogP contribution in [0.25, 0.3) is 0 Å². The van der Waals surface area contributed by atoms with Crippen LogP contribution in [-0.4, -0.2) is 16.2 Å². The molecule has 0 aliphatic carbocycles. The number of aromatic amines is 1. The molecule has 0 fully saturated rings. The van der Waals surface area contributed by atoms with Crippen molar-refractivity contribution in [3.63, 3.8) is 0 Å². The first-order chi connectivity index (χ1) is 8.63. The number of hydrogen-bond donors (Lipinski definition) is 3. The Hall–Kier alpha value is -2.15. The second-order valence-corrected chi connectivity index (χ2v) is 4.31. The van der Waals surface area contributed by atoms with Crippen LogP contribution in [-0.2, 0) is 0 Å². The van der Waals surface area contributed by atoms with Gasteiger partial charge in [-0.25, -0.2) is 9.89 Å². The van der Waals surface area contributed by atoms with Crippen LogP contribution in [0.1, 0.15) is 0 Å². The summed E-state index contributed by atoms with van der Waals surface area (Å²) in [6.45, 7) is 0. The minimum Gasteiger partial charge on any atom is -0.308 e. The first-order valence-corrected chi connectivity index (χ1v) is 5.82. The van der Waals surface area contributed by atoms with E-state index >= 15 is 0 Å². The topological polar surface area (TPSA) is 86.9 Å². The summed E-state index contributed by atoms with van der Waals surface area (Å²) < 4.78 is 0.927. The van der Waals surface area contributed by atoms with Crippen molar-refractivity contribution in [3.8, 4) is 0 Å². The average Bonchev–Trinajstić information content (AvgIpc) is 2.35. The lowest BCUT2D eigenvalue weighted by atomic mass is 10.3. The molecule has 2 amide bonds. The largest absolute Gasteiger partial charge is 0.324 e. The third-order valence-electron chi connectivity index (χ3n) is 2.02. The van der Waals surface area contributed by atoms with E-state index in [4.69, 9.17) is 0 Å². The summed E-state index contributed by atoms with van der Waals surface area (Å²) in [4.78, 5) is 22.4. The number of urea groups is 1. The van der Waals surface area contributed by atoms with Crippen molar-refractivity contribution in [1.82, 2.24) is 10.2 Å². The summed E-state index contributed by atoms with van der Waals surface area (Å²) in [5.41, 5.74) is 0.328. The van der Waals surface area contributed by atoms with Crippen LogP contribution in [0, 0.1) is 0 Å². The molecule has 0 aliphatic rings. The van der Waals surface area contributed by atoms with Gasteiger partial charge in [0.05, 0.1) is 0 Å². The van der Waals surface area contributed by atoms with E-state index in [2.05, 4.69) is 36.8 Å². The van der Waals surface area contributed by atoms with Crippen LogP contribution in [0.2, 0.25) is 0 Å². The first kappa shape index (κ1) is 12.3. The van der Waals surface area contributed by atoms with Crippen molar-refractivity contribution >= 4 is 33.5 Å². The number of anilines is 2. The Bertz CT molecular complexity index is 589. The molecule has 0 unspecified atom stereocenters. The van der Waals surface area contributed by atoms with E-state index in [0.717, 1.165) is 4.47 Å².